The fourth-order valence-corrected chi connectivity index (χ4v) is 8.46. The lowest BCUT2D eigenvalue weighted by Gasteiger charge is -2.09. The van der Waals surface area contributed by atoms with Crippen LogP contribution in [0, 0.1) is 20.8 Å². The first-order chi connectivity index (χ1) is 26.0. The SMILES string of the molecule is Cc1ccc(-c2ccccc2)cc1.Cc1ccc2sc3c(c2c1)C=CCC3.Cc1cccc(-c2ccc3c4ccccc4n(-c4ccccc4)c3c2)c1. The molecule has 0 N–H and O–H groups in total. The summed E-state index contributed by atoms with van der Waals surface area (Å²) in [5.41, 5.74) is 14.2. The summed E-state index contributed by atoms with van der Waals surface area (Å²) in [6.45, 7) is 6.41. The summed E-state index contributed by atoms with van der Waals surface area (Å²) in [6.07, 6.45) is 7.01. The van der Waals surface area contributed by atoms with Crippen LogP contribution in [0.1, 0.15) is 33.6 Å². The number of rotatable bonds is 3. The van der Waals surface area contributed by atoms with Crippen molar-refractivity contribution in [3.63, 3.8) is 0 Å². The number of aryl methyl sites for hydroxylation is 4. The first kappa shape index (κ1) is 34.1. The topological polar surface area (TPSA) is 4.93 Å². The lowest BCUT2D eigenvalue weighted by atomic mass is 10.0. The van der Waals surface area contributed by atoms with Gasteiger partial charge in [0.2, 0.25) is 0 Å². The molecule has 0 spiro atoms. The van der Waals surface area contributed by atoms with E-state index in [4.69, 9.17) is 0 Å². The highest BCUT2D eigenvalue weighted by Crippen LogP contribution is 2.37. The van der Waals surface area contributed by atoms with Gasteiger partial charge >= 0.3 is 0 Å². The Balaban J connectivity index is 0.000000125. The Morgan fingerprint density at radius 3 is 1.87 bits per heavy atom. The van der Waals surface area contributed by atoms with E-state index in [0.29, 0.717) is 0 Å². The van der Waals surface area contributed by atoms with Gasteiger partial charge in [-0.1, -0.05) is 162 Å². The van der Waals surface area contributed by atoms with E-state index in [1.54, 1.807) is 4.88 Å². The second kappa shape index (κ2) is 15.3. The van der Waals surface area contributed by atoms with Gasteiger partial charge in [0.15, 0.2) is 0 Å². The zero-order valence-electron chi connectivity index (χ0n) is 30.6. The smallest absolute Gasteiger partial charge is 0.0547 e. The molecule has 258 valence electrons. The van der Waals surface area contributed by atoms with Gasteiger partial charge in [0.05, 0.1) is 11.0 Å². The molecule has 0 saturated carbocycles. The van der Waals surface area contributed by atoms with Crippen molar-refractivity contribution in [2.24, 2.45) is 0 Å². The second-order valence-electron chi connectivity index (χ2n) is 13.9. The molecule has 0 saturated heterocycles. The van der Waals surface area contributed by atoms with Gasteiger partial charge in [-0.05, 0) is 97.8 Å². The molecule has 2 heteroatoms. The Morgan fingerprint density at radius 1 is 0.453 bits per heavy atom. The van der Waals surface area contributed by atoms with E-state index in [9.17, 15) is 0 Å². The van der Waals surface area contributed by atoms with Crippen molar-refractivity contribution in [2.75, 3.05) is 0 Å². The van der Waals surface area contributed by atoms with Crippen molar-refractivity contribution in [1.29, 1.82) is 0 Å². The Morgan fingerprint density at radius 2 is 1.08 bits per heavy atom. The molecule has 1 aliphatic rings. The number of nitrogens with zero attached hydrogens (tertiary/aromatic N) is 1. The number of para-hydroxylation sites is 2. The molecule has 1 nitrogen and oxygen atoms in total. The van der Waals surface area contributed by atoms with Gasteiger partial charge in [-0.15, -0.1) is 11.3 Å². The normalized spacial score (nSPS) is 11.8. The number of benzene rings is 7. The van der Waals surface area contributed by atoms with Crippen LogP contribution in [-0.2, 0) is 6.42 Å². The van der Waals surface area contributed by atoms with E-state index in [1.807, 2.05) is 17.4 Å². The number of hydrogen-bond acceptors (Lipinski definition) is 1. The average Bonchev–Trinajstić information content (AvgIpc) is 3.74. The minimum atomic E-state index is 1.19. The molecule has 0 radical (unpaired) electrons. The molecule has 2 heterocycles. The van der Waals surface area contributed by atoms with Gasteiger partial charge in [0, 0.05) is 31.4 Å². The maximum atomic E-state index is 2.37. The lowest BCUT2D eigenvalue weighted by molar-refractivity contribution is 1.02. The molecule has 0 amide bonds. The van der Waals surface area contributed by atoms with Crippen LogP contribution in [0.25, 0.3) is 65.9 Å². The Kier molecular flexibility index (Phi) is 9.88. The van der Waals surface area contributed by atoms with E-state index in [0.717, 1.165) is 0 Å². The summed E-state index contributed by atoms with van der Waals surface area (Å²) >= 11 is 1.96. The third kappa shape index (κ3) is 7.37. The monoisotopic (exact) mass is 701 g/mol. The van der Waals surface area contributed by atoms with Gasteiger partial charge in [-0.25, -0.2) is 0 Å². The van der Waals surface area contributed by atoms with E-state index in [-0.39, 0.29) is 0 Å². The Bertz CT molecular complexity index is 2670. The predicted octanol–water partition coefficient (Wildman–Crippen LogP) is 14.6. The Hall–Kier alpha value is -5.96. The molecule has 53 heavy (non-hydrogen) atoms. The molecule has 0 fully saturated rings. The highest BCUT2D eigenvalue weighted by molar-refractivity contribution is 7.19. The first-order valence-electron chi connectivity index (χ1n) is 18.5. The summed E-state index contributed by atoms with van der Waals surface area (Å²) in [7, 11) is 0. The van der Waals surface area contributed by atoms with Gasteiger partial charge in [0.1, 0.15) is 0 Å². The maximum absolute atomic E-state index is 2.37. The molecule has 7 aromatic carbocycles. The number of fused-ring (bicyclic) bond motifs is 6. The minimum absolute atomic E-state index is 1.19. The van der Waals surface area contributed by atoms with Gasteiger partial charge < -0.3 is 4.57 Å². The first-order valence-corrected chi connectivity index (χ1v) is 19.3. The molecule has 1 aliphatic carbocycles. The standard InChI is InChI=1S/C25H19N.C13H12S.C13H12/c1-18-8-7-9-19(16-18)20-14-15-23-22-12-5-6-13-24(22)26(25(23)17-20)21-10-3-2-4-11-21;1-9-6-7-13-11(8-9)10-4-2-3-5-12(10)14-13;1-11-7-9-13(10-8-11)12-5-3-2-4-6-12/h2-17H,1H3;2,4,6-8H,3,5H2,1H3;2-10H,1H3. The molecule has 0 bridgehead atoms. The minimum Gasteiger partial charge on any atom is -0.309 e. The predicted molar refractivity (Wildman–Crippen MR) is 231 cm³/mol. The second-order valence-corrected chi connectivity index (χ2v) is 15.0. The molecular weight excluding hydrogens is 659 g/mol. The van der Waals surface area contributed by atoms with E-state index < -0.39 is 0 Å². The Labute approximate surface area is 317 Å². The maximum Gasteiger partial charge on any atom is 0.0547 e. The molecule has 2 aromatic heterocycles. The fraction of sp³-hybridized carbons (Fsp3) is 0.0980. The zero-order chi connectivity index (χ0) is 36.1. The van der Waals surface area contributed by atoms with Crippen LogP contribution in [-0.4, -0.2) is 4.57 Å². The summed E-state index contributed by atoms with van der Waals surface area (Å²) in [5.74, 6) is 0. The van der Waals surface area contributed by atoms with E-state index in [1.165, 1.54) is 94.9 Å². The molecule has 0 atom stereocenters. The molecule has 0 aliphatic heterocycles. The van der Waals surface area contributed by atoms with Crippen molar-refractivity contribution < 1.29 is 0 Å². The van der Waals surface area contributed by atoms with Crippen molar-refractivity contribution in [2.45, 2.75) is 33.6 Å². The van der Waals surface area contributed by atoms with Gasteiger partial charge in [-0.3, -0.25) is 0 Å². The van der Waals surface area contributed by atoms with Gasteiger partial charge in [-0.2, -0.15) is 0 Å². The van der Waals surface area contributed by atoms with Crippen molar-refractivity contribution in [1.82, 2.24) is 4.57 Å². The summed E-state index contributed by atoms with van der Waals surface area (Å²) in [4.78, 5) is 1.56. The number of hydrogen-bond donors (Lipinski definition) is 0. The van der Waals surface area contributed by atoms with Crippen molar-refractivity contribution in [3.05, 3.63) is 203 Å². The van der Waals surface area contributed by atoms with Crippen LogP contribution in [0.15, 0.2) is 176 Å². The quantitative estimate of drug-likeness (QED) is 0.173. The van der Waals surface area contributed by atoms with Crippen LogP contribution in [0.2, 0.25) is 0 Å². The number of aromatic nitrogens is 1. The van der Waals surface area contributed by atoms with Crippen LogP contribution >= 0.6 is 11.3 Å². The molecule has 9 aromatic rings. The molecule has 10 rings (SSSR count). The molecule has 0 unspecified atom stereocenters. The van der Waals surface area contributed by atoms with E-state index >= 15 is 0 Å². The summed E-state index contributed by atoms with van der Waals surface area (Å²) in [5, 5.41) is 4.03. The number of thiophene rings is 1. The molecular formula is C51H43NS. The summed E-state index contributed by atoms with van der Waals surface area (Å²) in [6, 6.07) is 60.5. The summed E-state index contributed by atoms with van der Waals surface area (Å²) < 4.78 is 3.80. The average molecular weight is 702 g/mol. The van der Waals surface area contributed by atoms with E-state index in [2.05, 4.69) is 201 Å². The van der Waals surface area contributed by atoms with Crippen LogP contribution in [0.3, 0.4) is 0 Å². The largest absolute Gasteiger partial charge is 0.309 e. The van der Waals surface area contributed by atoms with Gasteiger partial charge in [0.25, 0.3) is 0 Å². The lowest BCUT2D eigenvalue weighted by Crippen LogP contribution is -1.93. The van der Waals surface area contributed by atoms with Crippen molar-refractivity contribution >= 4 is 49.3 Å². The van der Waals surface area contributed by atoms with Crippen molar-refractivity contribution in [3.8, 4) is 27.9 Å². The van der Waals surface area contributed by atoms with Crippen LogP contribution < -0.4 is 0 Å². The third-order valence-corrected chi connectivity index (χ3v) is 11.2. The number of allylic oxidation sites excluding steroid dienone is 1. The van der Waals surface area contributed by atoms with Crippen LogP contribution in [0.5, 0.6) is 0 Å². The third-order valence-electron chi connectivity index (χ3n) is 9.98. The zero-order valence-corrected chi connectivity index (χ0v) is 31.4. The van der Waals surface area contributed by atoms with Crippen LogP contribution in [0.4, 0.5) is 0 Å². The highest BCUT2D eigenvalue weighted by Gasteiger charge is 2.13. The highest BCUT2D eigenvalue weighted by atomic mass is 32.1. The fourth-order valence-electron chi connectivity index (χ4n) is 7.27.